The standard InChI is InChI=1S/C4H5OP.H3O3P/c6-4-2-1-3-5-4;1-4(2)3/h1-3H,6H2;1-3H. The van der Waals surface area contributed by atoms with E-state index in [4.69, 9.17) is 19.1 Å². The highest BCUT2D eigenvalue weighted by Gasteiger charge is 1.76. The highest BCUT2D eigenvalue weighted by molar-refractivity contribution is 7.38. The predicted molar refractivity (Wildman–Crippen MR) is 41.6 cm³/mol. The van der Waals surface area contributed by atoms with Gasteiger partial charge in [-0.1, -0.05) is 9.24 Å². The van der Waals surface area contributed by atoms with Crippen molar-refractivity contribution in [2.75, 3.05) is 0 Å². The fourth-order valence-corrected chi connectivity index (χ4v) is 0.481. The van der Waals surface area contributed by atoms with Gasteiger partial charge in [-0.15, -0.1) is 0 Å². The number of hydrogen-bond donors (Lipinski definition) is 3. The first-order valence-electron chi connectivity index (χ1n) is 2.28. The van der Waals surface area contributed by atoms with Crippen LogP contribution < -0.4 is 5.50 Å². The summed E-state index contributed by atoms with van der Waals surface area (Å²) in [5, 5.41) is 0. The van der Waals surface area contributed by atoms with E-state index in [-0.39, 0.29) is 0 Å². The van der Waals surface area contributed by atoms with Crippen molar-refractivity contribution in [3.8, 4) is 0 Å². The molecule has 0 fully saturated rings. The zero-order valence-corrected chi connectivity index (χ0v) is 7.06. The molecular formula is C4H8O4P2. The van der Waals surface area contributed by atoms with E-state index in [9.17, 15) is 0 Å². The summed E-state index contributed by atoms with van der Waals surface area (Å²) in [6.45, 7) is 0. The predicted octanol–water partition coefficient (Wildman–Crippen LogP) is -0.0298. The van der Waals surface area contributed by atoms with Gasteiger partial charge in [0.05, 0.1) is 6.26 Å². The molecule has 0 spiro atoms. The minimum Gasteiger partial charge on any atom is -0.465 e. The van der Waals surface area contributed by atoms with Crippen molar-refractivity contribution < 1.29 is 19.1 Å². The van der Waals surface area contributed by atoms with Crippen molar-refractivity contribution in [1.82, 2.24) is 0 Å². The number of rotatable bonds is 0. The Morgan fingerprint density at radius 3 is 2.00 bits per heavy atom. The van der Waals surface area contributed by atoms with E-state index < -0.39 is 8.60 Å². The van der Waals surface area contributed by atoms with E-state index in [2.05, 4.69) is 9.24 Å². The summed E-state index contributed by atoms with van der Waals surface area (Å²) in [7, 11) is -0.171. The van der Waals surface area contributed by atoms with Gasteiger partial charge in [-0.25, -0.2) is 0 Å². The lowest BCUT2D eigenvalue weighted by atomic mass is 10.7. The molecule has 0 saturated heterocycles. The third-order valence-electron chi connectivity index (χ3n) is 0.543. The van der Waals surface area contributed by atoms with Gasteiger partial charge in [-0.05, 0) is 12.1 Å². The lowest BCUT2D eigenvalue weighted by Crippen LogP contribution is -1.74. The molecule has 1 heterocycles. The van der Waals surface area contributed by atoms with Gasteiger partial charge >= 0.3 is 8.60 Å². The minimum absolute atomic E-state index is 0.884. The summed E-state index contributed by atoms with van der Waals surface area (Å²) < 4.78 is 4.80. The normalized spacial score (nSPS) is 8.90. The third-order valence-corrected chi connectivity index (χ3v) is 0.872. The fraction of sp³-hybridized carbons (Fsp3) is 0. The van der Waals surface area contributed by atoms with Gasteiger partial charge in [-0.2, -0.15) is 0 Å². The molecule has 58 valence electrons. The maximum Gasteiger partial charge on any atom is 0.324 e. The van der Waals surface area contributed by atoms with Crippen molar-refractivity contribution in [1.29, 1.82) is 0 Å². The molecule has 0 bridgehead atoms. The summed E-state index contributed by atoms with van der Waals surface area (Å²) in [5.74, 6) is 0. The largest absolute Gasteiger partial charge is 0.465 e. The summed E-state index contributed by atoms with van der Waals surface area (Å²) in [6.07, 6.45) is 1.64. The third kappa shape index (κ3) is 8.02. The summed E-state index contributed by atoms with van der Waals surface area (Å²) in [5.41, 5.74) is 0.884. The average molecular weight is 182 g/mol. The van der Waals surface area contributed by atoms with E-state index in [1.165, 1.54) is 0 Å². The van der Waals surface area contributed by atoms with Crippen LogP contribution in [0.3, 0.4) is 0 Å². The van der Waals surface area contributed by atoms with Gasteiger partial charge in [0.25, 0.3) is 0 Å². The van der Waals surface area contributed by atoms with Crippen LogP contribution in [0, 0.1) is 0 Å². The van der Waals surface area contributed by atoms with Gasteiger partial charge in [0.1, 0.15) is 5.50 Å². The molecule has 0 aliphatic heterocycles. The topological polar surface area (TPSA) is 73.8 Å². The molecular weight excluding hydrogens is 174 g/mol. The van der Waals surface area contributed by atoms with Crippen LogP contribution in [-0.4, -0.2) is 14.7 Å². The van der Waals surface area contributed by atoms with Crippen molar-refractivity contribution in [3.63, 3.8) is 0 Å². The van der Waals surface area contributed by atoms with Crippen LogP contribution in [0.5, 0.6) is 0 Å². The lowest BCUT2D eigenvalue weighted by Gasteiger charge is -1.76. The lowest BCUT2D eigenvalue weighted by molar-refractivity contribution is 0.368. The van der Waals surface area contributed by atoms with E-state index >= 15 is 0 Å². The van der Waals surface area contributed by atoms with Gasteiger partial charge in [0.2, 0.25) is 0 Å². The van der Waals surface area contributed by atoms with Crippen LogP contribution in [0.1, 0.15) is 0 Å². The molecule has 1 atom stereocenters. The van der Waals surface area contributed by atoms with Crippen molar-refractivity contribution in [3.05, 3.63) is 18.4 Å². The van der Waals surface area contributed by atoms with Gasteiger partial charge < -0.3 is 19.1 Å². The Hall–Kier alpha value is 0.0200. The molecule has 4 nitrogen and oxygen atoms in total. The molecule has 0 saturated carbocycles. The minimum atomic E-state index is -2.62. The smallest absolute Gasteiger partial charge is 0.324 e. The quantitative estimate of drug-likeness (QED) is 0.492. The Kier molecular flexibility index (Phi) is 5.79. The molecule has 1 unspecified atom stereocenters. The molecule has 0 aromatic carbocycles. The zero-order valence-electron chi connectivity index (χ0n) is 5.01. The Morgan fingerprint density at radius 1 is 1.40 bits per heavy atom. The molecule has 3 N–H and O–H groups in total. The van der Waals surface area contributed by atoms with E-state index in [1.54, 1.807) is 6.26 Å². The average Bonchev–Trinajstić information content (AvgIpc) is 2.15. The first-order valence-corrected chi connectivity index (χ1v) is 4.06. The van der Waals surface area contributed by atoms with Crippen LogP contribution in [0.15, 0.2) is 22.8 Å². The van der Waals surface area contributed by atoms with E-state index in [1.807, 2.05) is 12.1 Å². The summed E-state index contributed by atoms with van der Waals surface area (Å²) in [6, 6.07) is 3.73. The number of furan rings is 1. The van der Waals surface area contributed by atoms with Crippen LogP contribution in [-0.2, 0) is 0 Å². The highest BCUT2D eigenvalue weighted by atomic mass is 31.2. The fourth-order valence-electron chi connectivity index (χ4n) is 0.291. The molecule has 0 radical (unpaired) electrons. The van der Waals surface area contributed by atoms with E-state index in [0.717, 1.165) is 5.50 Å². The molecule has 10 heavy (non-hydrogen) atoms. The second-order valence-electron chi connectivity index (χ2n) is 1.28. The Morgan fingerprint density at radius 2 is 1.90 bits per heavy atom. The molecule has 0 aliphatic rings. The van der Waals surface area contributed by atoms with Crippen LogP contribution in [0.25, 0.3) is 0 Å². The van der Waals surface area contributed by atoms with Gasteiger partial charge in [0.15, 0.2) is 0 Å². The maximum atomic E-state index is 7.23. The Labute approximate surface area is 61.7 Å². The Balaban J connectivity index is 0.000000180. The van der Waals surface area contributed by atoms with Crippen molar-refractivity contribution in [2.45, 2.75) is 0 Å². The zero-order chi connectivity index (χ0) is 7.98. The molecule has 0 amide bonds. The summed E-state index contributed by atoms with van der Waals surface area (Å²) >= 11 is 0. The highest BCUT2D eigenvalue weighted by Crippen LogP contribution is 2.11. The van der Waals surface area contributed by atoms with Gasteiger partial charge in [0, 0.05) is 0 Å². The number of hydrogen-bond acceptors (Lipinski definition) is 4. The van der Waals surface area contributed by atoms with Gasteiger partial charge in [-0.3, -0.25) is 0 Å². The van der Waals surface area contributed by atoms with Crippen LogP contribution in [0.4, 0.5) is 0 Å². The maximum absolute atomic E-state index is 7.23. The monoisotopic (exact) mass is 182 g/mol. The first-order chi connectivity index (χ1) is 4.63. The molecule has 1 aromatic heterocycles. The van der Waals surface area contributed by atoms with Crippen molar-refractivity contribution >= 4 is 23.3 Å². The van der Waals surface area contributed by atoms with Crippen molar-refractivity contribution in [2.24, 2.45) is 0 Å². The SMILES string of the molecule is OP(O)O.Pc1ccco1. The molecule has 1 rings (SSSR count). The molecule has 0 aliphatic carbocycles. The first kappa shape index (κ1) is 10.0. The van der Waals surface area contributed by atoms with Crippen LogP contribution in [0.2, 0.25) is 0 Å². The second kappa shape index (κ2) is 5.78. The molecule has 1 aromatic rings. The second-order valence-corrected chi connectivity index (χ2v) is 2.39. The molecule has 6 heteroatoms. The Bertz CT molecular complexity index is 148. The van der Waals surface area contributed by atoms with Crippen LogP contribution >= 0.6 is 17.8 Å². The summed E-state index contributed by atoms with van der Waals surface area (Å²) in [4.78, 5) is 21.7. The van der Waals surface area contributed by atoms with E-state index in [0.29, 0.717) is 0 Å².